The summed E-state index contributed by atoms with van der Waals surface area (Å²) in [6.45, 7) is 0. The highest BCUT2D eigenvalue weighted by Crippen LogP contribution is 2.25. The molecular formula is C17H15Cl2N5OS. The van der Waals surface area contributed by atoms with Crippen molar-refractivity contribution in [2.45, 2.75) is 11.6 Å². The average molecular weight is 408 g/mol. The van der Waals surface area contributed by atoms with E-state index in [1.165, 1.54) is 16.4 Å². The molecule has 3 N–H and O–H groups in total. The number of anilines is 1. The number of hydrogen-bond donors (Lipinski definition) is 2. The van der Waals surface area contributed by atoms with Crippen LogP contribution in [0.4, 0.5) is 5.69 Å². The molecule has 0 aliphatic heterocycles. The van der Waals surface area contributed by atoms with Crippen LogP contribution < -0.4 is 11.2 Å². The lowest BCUT2D eigenvalue weighted by atomic mass is 10.1. The van der Waals surface area contributed by atoms with Crippen molar-refractivity contribution < 1.29 is 4.79 Å². The van der Waals surface area contributed by atoms with Crippen LogP contribution in [0.3, 0.4) is 0 Å². The van der Waals surface area contributed by atoms with Crippen molar-refractivity contribution in [3.63, 3.8) is 0 Å². The molecule has 0 aliphatic carbocycles. The molecule has 6 nitrogen and oxygen atoms in total. The van der Waals surface area contributed by atoms with Gasteiger partial charge >= 0.3 is 0 Å². The van der Waals surface area contributed by atoms with Crippen LogP contribution >= 0.6 is 35.0 Å². The van der Waals surface area contributed by atoms with Crippen molar-refractivity contribution in [1.29, 1.82) is 0 Å². The number of hydrogen-bond acceptors (Lipinski definition) is 5. The topological polar surface area (TPSA) is 85.8 Å². The first-order chi connectivity index (χ1) is 12.5. The van der Waals surface area contributed by atoms with Gasteiger partial charge in [0.1, 0.15) is 0 Å². The predicted octanol–water partition coefficient (Wildman–Crippen LogP) is 3.62. The summed E-state index contributed by atoms with van der Waals surface area (Å²) in [5.74, 6) is 6.59. The van der Waals surface area contributed by atoms with E-state index in [2.05, 4.69) is 15.5 Å². The number of thioether (sulfide) groups is 1. The molecule has 0 atom stereocenters. The van der Waals surface area contributed by atoms with Crippen LogP contribution in [0.2, 0.25) is 10.0 Å². The molecular weight excluding hydrogens is 393 g/mol. The quantitative estimate of drug-likeness (QED) is 0.481. The van der Waals surface area contributed by atoms with Crippen molar-refractivity contribution in [3.8, 4) is 0 Å². The Labute approximate surface area is 164 Å². The maximum atomic E-state index is 12.1. The second-order valence-corrected chi connectivity index (χ2v) is 7.15. The summed E-state index contributed by atoms with van der Waals surface area (Å²) in [4.78, 5) is 12.1. The largest absolute Gasteiger partial charge is 0.336 e. The predicted molar refractivity (Wildman–Crippen MR) is 105 cm³/mol. The molecule has 0 fully saturated rings. The first kappa shape index (κ1) is 18.6. The minimum absolute atomic E-state index is 0.140. The van der Waals surface area contributed by atoms with Gasteiger partial charge in [0.2, 0.25) is 11.1 Å². The van der Waals surface area contributed by atoms with Gasteiger partial charge < -0.3 is 11.2 Å². The molecule has 9 heteroatoms. The summed E-state index contributed by atoms with van der Waals surface area (Å²) >= 11 is 13.0. The number of nitrogen functional groups attached to an aromatic ring is 1. The Morgan fingerprint density at radius 1 is 1.12 bits per heavy atom. The number of carbonyl (C=O) groups excluding carboxylic acids is 1. The van der Waals surface area contributed by atoms with E-state index in [0.717, 1.165) is 5.56 Å². The standard InChI is InChI=1S/C17H15Cl2N5OS/c18-13-7-6-12(9-14(13)19)21-16(25)10-26-17-23-22-15(24(17)20)8-11-4-2-1-3-5-11/h1-7,9H,8,10,20H2,(H,21,25). The van der Waals surface area contributed by atoms with E-state index in [1.54, 1.807) is 18.2 Å². The van der Waals surface area contributed by atoms with E-state index in [-0.39, 0.29) is 11.7 Å². The number of nitrogens with two attached hydrogens (primary N) is 1. The Bertz CT molecular complexity index is 917. The zero-order chi connectivity index (χ0) is 18.5. The van der Waals surface area contributed by atoms with Gasteiger partial charge in [0.05, 0.1) is 15.8 Å². The fourth-order valence-electron chi connectivity index (χ4n) is 2.21. The molecule has 3 rings (SSSR count). The highest BCUT2D eigenvalue weighted by Gasteiger charge is 2.13. The van der Waals surface area contributed by atoms with Gasteiger partial charge in [0, 0.05) is 12.1 Å². The second kappa shape index (κ2) is 8.44. The summed E-state index contributed by atoms with van der Waals surface area (Å²) in [5.41, 5.74) is 1.66. The van der Waals surface area contributed by atoms with Gasteiger partial charge in [-0.1, -0.05) is 65.3 Å². The van der Waals surface area contributed by atoms with E-state index in [1.807, 2.05) is 30.3 Å². The van der Waals surface area contributed by atoms with Crippen molar-refractivity contribution in [1.82, 2.24) is 14.9 Å². The van der Waals surface area contributed by atoms with Crippen LogP contribution in [0, 0.1) is 0 Å². The summed E-state index contributed by atoms with van der Waals surface area (Å²) < 4.78 is 1.41. The molecule has 1 heterocycles. The SMILES string of the molecule is Nn1c(Cc2ccccc2)nnc1SCC(=O)Nc1ccc(Cl)c(Cl)c1. The van der Waals surface area contributed by atoms with Crippen molar-refractivity contribution in [2.75, 3.05) is 16.9 Å². The molecule has 0 unspecified atom stereocenters. The third-order valence-electron chi connectivity index (χ3n) is 3.48. The molecule has 134 valence electrons. The van der Waals surface area contributed by atoms with E-state index >= 15 is 0 Å². The van der Waals surface area contributed by atoms with Crippen LogP contribution in [0.25, 0.3) is 0 Å². The van der Waals surface area contributed by atoms with Gasteiger partial charge in [-0.25, -0.2) is 4.68 Å². The number of benzene rings is 2. The average Bonchev–Trinajstić information content (AvgIpc) is 2.97. The Morgan fingerprint density at radius 3 is 2.62 bits per heavy atom. The molecule has 2 aromatic carbocycles. The van der Waals surface area contributed by atoms with Crippen LogP contribution in [-0.2, 0) is 11.2 Å². The second-order valence-electron chi connectivity index (χ2n) is 5.40. The van der Waals surface area contributed by atoms with Gasteiger partial charge in [0.15, 0.2) is 5.82 Å². The summed E-state index contributed by atoms with van der Waals surface area (Å²) in [7, 11) is 0. The monoisotopic (exact) mass is 407 g/mol. The molecule has 0 saturated carbocycles. The first-order valence-corrected chi connectivity index (χ1v) is 9.38. The molecule has 0 saturated heterocycles. The molecule has 0 bridgehead atoms. The normalized spacial score (nSPS) is 10.7. The Morgan fingerprint density at radius 2 is 1.88 bits per heavy atom. The molecule has 0 radical (unpaired) electrons. The highest BCUT2D eigenvalue weighted by molar-refractivity contribution is 7.99. The van der Waals surface area contributed by atoms with Crippen LogP contribution in [0.1, 0.15) is 11.4 Å². The van der Waals surface area contributed by atoms with Gasteiger partial charge in [-0.2, -0.15) is 0 Å². The lowest BCUT2D eigenvalue weighted by Crippen LogP contribution is -2.17. The number of nitrogens with zero attached hydrogens (tertiary/aromatic N) is 3. The van der Waals surface area contributed by atoms with Gasteiger partial charge in [-0.3, -0.25) is 4.79 Å². The maximum Gasteiger partial charge on any atom is 0.234 e. The Kier molecular flexibility index (Phi) is 6.03. The zero-order valence-corrected chi connectivity index (χ0v) is 15.9. The third-order valence-corrected chi connectivity index (χ3v) is 5.16. The number of rotatable bonds is 6. The molecule has 1 amide bonds. The van der Waals surface area contributed by atoms with E-state index in [4.69, 9.17) is 29.0 Å². The summed E-state index contributed by atoms with van der Waals surface area (Å²) in [5, 5.41) is 12.2. The minimum atomic E-state index is -0.207. The molecule has 3 aromatic rings. The van der Waals surface area contributed by atoms with Gasteiger partial charge in [-0.05, 0) is 23.8 Å². The lowest BCUT2D eigenvalue weighted by Gasteiger charge is -2.06. The first-order valence-electron chi connectivity index (χ1n) is 7.64. The Hall–Kier alpha value is -2.22. The van der Waals surface area contributed by atoms with Crippen LogP contribution in [-0.4, -0.2) is 26.5 Å². The number of halogens is 2. The van der Waals surface area contributed by atoms with Gasteiger partial charge in [0.25, 0.3) is 0 Å². The number of nitrogens with one attached hydrogen (secondary N) is 1. The number of amides is 1. The van der Waals surface area contributed by atoms with E-state index in [0.29, 0.717) is 33.1 Å². The third kappa shape index (κ3) is 4.69. The number of carbonyl (C=O) groups is 1. The molecule has 26 heavy (non-hydrogen) atoms. The van der Waals surface area contributed by atoms with E-state index in [9.17, 15) is 4.79 Å². The fourth-order valence-corrected chi connectivity index (χ4v) is 3.18. The summed E-state index contributed by atoms with van der Waals surface area (Å²) in [6, 6.07) is 14.7. The fraction of sp³-hybridized carbons (Fsp3) is 0.118. The highest BCUT2D eigenvalue weighted by atomic mass is 35.5. The van der Waals surface area contributed by atoms with Crippen molar-refractivity contribution >= 4 is 46.6 Å². The van der Waals surface area contributed by atoms with Crippen LogP contribution in [0.15, 0.2) is 53.7 Å². The smallest absolute Gasteiger partial charge is 0.234 e. The zero-order valence-electron chi connectivity index (χ0n) is 13.5. The van der Waals surface area contributed by atoms with Crippen LogP contribution in [0.5, 0.6) is 0 Å². The maximum absolute atomic E-state index is 12.1. The lowest BCUT2D eigenvalue weighted by molar-refractivity contribution is -0.113. The number of aromatic nitrogens is 3. The molecule has 0 aliphatic rings. The minimum Gasteiger partial charge on any atom is -0.336 e. The Balaban J connectivity index is 1.57. The summed E-state index contributed by atoms with van der Waals surface area (Å²) in [6.07, 6.45) is 0.570. The van der Waals surface area contributed by atoms with Crippen molar-refractivity contribution in [2.24, 2.45) is 0 Å². The molecule has 1 aromatic heterocycles. The van der Waals surface area contributed by atoms with Gasteiger partial charge in [-0.15, -0.1) is 10.2 Å². The van der Waals surface area contributed by atoms with E-state index < -0.39 is 0 Å². The molecule has 0 spiro atoms. The van der Waals surface area contributed by atoms with Crippen molar-refractivity contribution in [3.05, 3.63) is 70.0 Å².